The lowest BCUT2D eigenvalue weighted by atomic mass is 10.2. The SMILES string of the molecule is C[CH2][Mg][Cl].F[C](C(F)(F)F)C(F)(F)C(F)(F)F. The normalized spacial score (nSPS) is 12.9. The van der Waals surface area contributed by atoms with Gasteiger partial charge in [-0.15, -0.1) is 4.55 Å². The summed E-state index contributed by atoms with van der Waals surface area (Å²) in [5.41, 5.74) is 0. The topological polar surface area (TPSA) is 0 Å². The molecular formula is C6H5ClF9Mg. The van der Waals surface area contributed by atoms with Crippen molar-refractivity contribution in [1.29, 1.82) is 0 Å². The van der Waals surface area contributed by atoms with Crippen LogP contribution in [0.3, 0.4) is 0 Å². The molecular weight excluding hydrogens is 303 g/mol. The van der Waals surface area contributed by atoms with Crippen molar-refractivity contribution < 1.29 is 39.5 Å². The first kappa shape index (κ1) is 19.8. The van der Waals surface area contributed by atoms with Crippen LogP contribution in [0, 0.1) is 6.17 Å². The molecule has 0 aromatic rings. The second-order valence-electron chi connectivity index (χ2n) is 2.57. The van der Waals surface area contributed by atoms with Crippen LogP contribution < -0.4 is 0 Å². The summed E-state index contributed by atoms with van der Waals surface area (Å²) in [6, 6.07) is 0. The molecule has 0 spiro atoms. The average Bonchev–Trinajstić information content (AvgIpc) is 2.14. The zero-order valence-corrected chi connectivity index (χ0v) is 10.4. The number of hydrogen-bond donors (Lipinski definition) is 0. The second kappa shape index (κ2) is 7.12. The van der Waals surface area contributed by atoms with Crippen LogP contribution in [-0.2, 0) is 0 Å². The predicted molar refractivity (Wildman–Crippen MR) is 43.5 cm³/mol. The maximum atomic E-state index is 11.6. The molecule has 0 fully saturated rings. The van der Waals surface area contributed by atoms with Crippen LogP contribution in [0.2, 0.25) is 4.55 Å². The van der Waals surface area contributed by atoms with E-state index in [2.05, 4.69) is 6.92 Å². The van der Waals surface area contributed by atoms with E-state index in [1.807, 2.05) is 0 Å². The van der Waals surface area contributed by atoms with Crippen molar-refractivity contribution in [3.05, 3.63) is 6.17 Å². The van der Waals surface area contributed by atoms with Gasteiger partial charge in [-0.1, -0.05) is 6.92 Å². The molecule has 0 saturated heterocycles. The molecule has 0 aliphatic rings. The first-order chi connectivity index (χ1) is 7.32. The van der Waals surface area contributed by atoms with Gasteiger partial charge < -0.3 is 9.07 Å². The molecule has 0 aliphatic heterocycles. The molecule has 0 nitrogen and oxygen atoms in total. The molecule has 0 atom stereocenters. The third-order valence-electron chi connectivity index (χ3n) is 1.07. The summed E-state index contributed by atoms with van der Waals surface area (Å²) in [5.74, 6) is -6.49. The molecule has 1 radical (unpaired) electrons. The summed E-state index contributed by atoms with van der Waals surface area (Å²) in [6.45, 7) is 2.11. The summed E-state index contributed by atoms with van der Waals surface area (Å²) in [6.07, 6.45) is -17.3. The molecule has 11 heteroatoms. The van der Waals surface area contributed by atoms with Crippen molar-refractivity contribution in [2.24, 2.45) is 0 Å². The van der Waals surface area contributed by atoms with E-state index in [0.717, 1.165) is 0 Å². The Kier molecular flexibility index (Phi) is 8.28. The predicted octanol–water partition coefficient (Wildman–Crippen LogP) is 4.53. The van der Waals surface area contributed by atoms with Crippen molar-refractivity contribution in [3.8, 4) is 0 Å². The molecule has 0 unspecified atom stereocenters. The van der Waals surface area contributed by atoms with Crippen LogP contribution >= 0.6 is 9.07 Å². The van der Waals surface area contributed by atoms with E-state index < -0.39 is 24.4 Å². The Bertz CT molecular complexity index is 209. The lowest BCUT2D eigenvalue weighted by molar-refractivity contribution is -0.311. The molecule has 101 valence electrons. The number of rotatable bonds is 2. The van der Waals surface area contributed by atoms with Crippen molar-refractivity contribution in [3.63, 3.8) is 0 Å². The van der Waals surface area contributed by atoms with Gasteiger partial charge in [0.25, 0.3) is 0 Å². The first-order valence-electron chi connectivity index (χ1n) is 3.93. The quantitative estimate of drug-likeness (QED) is 0.519. The van der Waals surface area contributed by atoms with Gasteiger partial charge >= 0.3 is 43.7 Å². The highest BCUT2D eigenvalue weighted by atomic mass is 35.5. The summed E-state index contributed by atoms with van der Waals surface area (Å²) < 4.78 is 102. The molecule has 0 aromatic carbocycles. The highest BCUT2D eigenvalue weighted by Crippen LogP contribution is 2.49. The van der Waals surface area contributed by atoms with E-state index in [0.29, 0.717) is 0 Å². The van der Waals surface area contributed by atoms with Crippen LogP contribution in [0.1, 0.15) is 6.92 Å². The zero-order chi connectivity index (χ0) is 14.5. The Hall–Kier alpha value is 0.426. The van der Waals surface area contributed by atoms with E-state index in [9.17, 15) is 39.5 Å². The second-order valence-corrected chi connectivity index (χ2v) is 5.08. The van der Waals surface area contributed by atoms with Crippen LogP contribution in [0.15, 0.2) is 0 Å². The van der Waals surface area contributed by atoms with E-state index >= 15 is 0 Å². The monoisotopic (exact) mass is 307 g/mol. The van der Waals surface area contributed by atoms with E-state index in [1.54, 1.807) is 0 Å². The minimum absolute atomic E-state index is 0.103. The van der Waals surface area contributed by atoms with Gasteiger partial charge in [0.15, 0.2) is 0 Å². The fourth-order valence-electron chi connectivity index (χ4n) is 0.302. The number of halogens is 10. The maximum absolute atomic E-state index is 11.6. The Morgan fingerprint density at radius 1 is 1.00 bits per heavy atom. The lowest BCUT2D eigenvalue weighted by Gasteiger charge is -2.23. The molecule has 0 saturated carbocycles. The Labute approximate surface area is 104 Å². The minimum atomic E-state index is -6.59. The van der Waals surface area contributed by atoms with Crippen LogP contribution in [0.25, 0.3) is 0 Å². The van der Waals surface area contributed by atoms with E-state index in [4.69, 9.17) is 9.07 Å². The Morgan fingerprint density at radius 3 is 1.35 bits per heavy atom. The minimum Gasteiger partial charge on any atom is -0.346 e. The van der Waals surface area contributed by atoms with Crippen molar-refractivity contribution in [2.75, 3.05) is 0 Å². The molecule has 0 aliphatic carbocycles. The Morgan fingerprint density at radius 2 is 1.29 bits per heavy atom. The molecule has 0 heterocycles. The molecule has 0 amide bonds. The van der Waals surface area contributed by atoms with Gasteiger partial charge in [-0.3, -0.25) is 0 Å². The van der Waals surface area contributed by atoms with Crippen molar-refractivity contribution in [1.82, 2.24) is 0 Å². The van der Waals surface area contributed by atoms with E-state index in [1.165, 1.54) is 4.55 Å². The van der Waals surface area contributed by atoms with Crippen LogP contribution in [-0.4, -0.2) is 37.5 Å². The van der Waals surface area contributed by atoms with Gasteiger partial charge in [0, 0.05) is 0 Å². The zero-order valence-electron chi connectivity index (χ0n) is 8.19. The summed E-state index contributed by atoms with van der Waals surface area (Å²) in [4.78, 5) is 0. The standard InChI is InChI=1S/C4F9.C2H5.ClH.Mg/c5-1(3(8,9)10)2(6,7)4(11,12)13;1-2;;/h;1H2,2H3;1H;/q;;;+1/p-1. The summed E-state index contributed by atoms with van der Waals surface area (Å²) in [5, 5.41) is 0. The largest absolute Gasteiger partial charge is 0.500 e. The molecule has 0 aromatic heterocycles. The average molecular weight is 308 g/mol. The van der Waals surface area contributed by atoms with Crippen LogP contribution in [0.5, 0.6) is 0 Å². The first-order valence-corrected chi connectivity index (χ1v) is 7.06. The van der Waals surface area contributed by atoms with E-state index in [-0.39, 0.29) is 19.3 Å². The molecule has 0 bridgehead atoms. The molecule has 0 N–H and O–H groups in total. The Balaban J connectivity index is 0. The van der Waals surface area contributed by atoms with Crippen LogP contribution in [0.4, 0.5) is 39.5 Å². The smallest absolute Gasteiger partial charge is 0.346 e. The highest BCUT2D eigenvalue weighted by Gasteiger charge is 2.72. The maximum Gasteiger partial charge on any atom is 0.500 e. The van der Waals surface area contributed by atoms with Gasteiger partial charge in [-0.05, 0) is 0 Å². The number of alkyl halides is 8. The lowest BCUT2D eigenvalue weighted by Crippen LogP contribution is -2.46. The van der Waals surface area contributed by atoms with Gasteiger partial charge in [0.2, 0.25) is 0 Å². The van der Waals surface area contributed by atoms with Gasteiger partial charge in [0.1, 0.15) is 0 Å². The summed E-state index contributed by atoms with van der Waals surface area (Å²) in [7, 11) is 5.32. The fraction of sp³-hybridized carbons (Fsp3) is 0.833. The molecule has 17 heavy (non-hydrogen) atoms. The third kappa shape index (κ3) is 6.80. The fourth-order valence-corrected chi connectivity index (χ4v) is 0.302. The van der Waals surface area contributed by atoms with Crippen molar-refractivity contribution in [2.45, 2.75) is 29.7 Å². The molecule has 0 rings (SSSR count). The summed E-state index contributed by atoms with van der Waals surface area (Å²) >= 11 is -0.103. The highest BCUT2D eigenvalue weighted by molar-refractivity contribution is 6.93. The van der Waals surface area contributed by atoms with Gasteiger partial charge in [0.05, 0.1) is 0 Å². The van der Waals surface area contributed by atoms with Gasteiger partial charge in [-0.25, -0.2) is 4.39 Å². The number of hydrogen-bond acceptors (Lipinski definition) is 0. The third-order valence-corrected chi connectivity index (χ3v) is 2.58. The van der Waals surface area contributed by atoms with Gasteiger partial charge in [-0.2, -0.15) is 35.1 Å². The van der Waals surface area contributed by atoms with Crippen molar-refractivity contribution >= 4 is 28.3 Å².